The summed E-state index contributed by atoms with van der Waals surface area (Å²) in [4.78, 5) is 0. The van der Waals surface area contributed by atoms with Crippen LogP contribution in [0.3, 0.4) is 0 Å². The first-order valence-corrected chi connectivity index (χ1v) is 7.29. The van der Waals surface area contributed by atoms with E-state index >= 15 is 0 Å². The molecule has 4 unspecified atom stereocenters. The molecule has 1 saturated heterocycles. The lowest BCUT2D eigenvalue weighted by atomic mass is 9.95. The van der Waals surface area contributed by atoms with E-state index in [2.05, 4.69) is 17.2 Å². The summed E-state index contributed by atoms with van der Waals surface area (Å²) in [5, 5.41) is 41.9. The number of para-hydroxylation sites is 1. The maximum atomic E-state index is 9.96. The van der Waals surface area contributed by atoms with E-state index in [1.807, 2.05) is 18.2 Å². The fourth-order valence-corrected chi connectivity index (χ4v) is 2.81. The third-order valence-corrected chi connectivity index (χ3v) is 4.09. The standard InChI is InChI=1S/C16H19NO5/c18-8-12-15(20)16(21)14(19)11(22-12)5-4-9-2-1-3-10-6-7-17-13(9)10/h1-3,11-12,14-21H,6-8H2/t11?,12?,14?,15-,16?/m1/s1. The van der Waals surface area contributed by atoms with Gasteiger partial charge in [0.05, 0.1) is 12.3 Å². The van der Waals surface area contributed by atoms with Crippen LogP contribution in [0.15, 0.2) is 18.2 Å². The maximum Gasteiger partial charge on any atom is 0.147 e. The summed E-state index contributed by atoms with van der Waals surface area (Å²) in [5.41, 5.74) is 2.98. The Bertz CT molecular complexity index is 606. The van der Waals surface area contributed by atoms with Gasteiger partial charge < -0.3 is 30.5 Å². The van der Waals surface area contributed by atoms with Crippen LogP contribution in [0.4, 0.5) is 5.69 Å². The Kier molecular flexibility index (Phi) is 4.34. The first-order valence-electron chi connectivity index (χ1n) is 7.29. The van der Waals surface area contributed by atoms with Gasteiger partial charge in [0.2, 0.25) is 0 Å². The highest BCUT2D eigenvalue weighted by molar-refractivity contribution is 5.66. The molecule has 6 nitrogen and oxygen atoms in total. The van der Waals surface area contributed by atoms with Gasteiger partial charge in [-0.05, 0) is 18.1 Å². The number of aliphatic hydroxyl groups excluding tert-OH is 4. The van der Waals surface area contributed by atoms with Crippen molar-refractivity contribution in [3.05, 3.63) is 29.3 Å². The summed E-state index contributed by atoms with van der Waals surface area (Å²) in [6.07, 6.45) is -5.03. The van der Waals surface area contributed by atoms with Gasteiger partial charge in [0.15, 0.2) is 0 Å². The van der Waals surface area contributed by atoms with Crippen LogP contribution in [0.25, 0.3) is 0 Å². The molecular formula is C16H19NO5. The van der Waals surface area contributed by atoms with Crippen LogP contribution in [-0.4, -0.2) is 64.1 Å². The molecule has 5 N–H and O–H groups in total. The van der Waals surface area contributed by atoms with E-state index < -0.39 is 37.1 Å². The topological polar surface area (TPSA) is 102 Å². The molecule has 2 aliphatic heterocycles. The zero-order chi connectivity index (χ0) is 15.7. The number of benzene rings is 1. The van der Waals surface area contributed by atoms with Gasteiger partial charge in [0.1, 0.15) is 30.5 Å². The minimum atomic E-state index is -1.40. The van der Waals surface area contributed by atoms with Crippen molar-refractivity contribution in [2.45, 2.75) is 36.9 Å². The average molecular weight is 305 g/mol. The fourth-order valence-electron chi connectivity index (χ4n) is 2.81. The summed E-state index contributed by atoms with van der Waals surface area (Å²) in [6.45, 7) is 0.416. The number of anilines is 1. The van der Waals surface area contributed by atoms with Gasteiger partial charge in [-0.15, -0.1) is 0 Å². The Morgan fingerprint density at radius 2 is 2.00 bits per heavy atom. The number of rotatable bonds is 1. The monoisotopic (exact) mass is 305 g/mol. The van der Waals surface area contributed by atoms with Crippen molar-refractivity contribution in [2.75, 3.05) is 18.5 Å². The molecule has 0 saturated carbocycles. The first kappa shape index (κ1) is 15.3. The van der Waals surface area contributed by atoms with Crippen molar-refractivity contribution < 1.29 is 25.2 Å². The second-order valence-electron chi connectivity index (χ2n) is 5.54. The zero-order valence-electron chi connectivity index (χ0n) is 11.9. The molecule has 22 heavy (non-hydrogen) atoms. The molecule has 0 spiro atoms. The van der Waals surface area contributed by atoms with Crippen molar-refractivity contribution in [3.8, 4) is 11.8 Å². The Morgan fingerprint density at radius 1 is 1.18 bits per heavy atom. The Labute approximate surface area is 128 Å². The lowest BCUT2D eigenvalue weighted by molar-refractivity contribution is -0.214. The normalized spacial score (nSPS) is 33.5. The molecule has 2 heterocycles. The largest absolute Gasteiger partial charge is 0.394 e. The Morgan fingerprint density at radius 3 is 2.77 bits per heavy atom. The van der Waals surface area contributed by atoms with Gasteiger partial charge >= 0.3 is 0 Å². The van der Waals surface area contributed by atoms with E-state index in [-0.39, 0.29) is 0 Å². The van der Waals surface area contributed by atoms with Crippen LogP contribution in [-0.2, 0) is 11.2 Å². The number of ether oxygens (including phenoxy) is 1. The molecule has 0 bridgehead atoms. The number of hydrogen-bond donors (Lipinski definition) is 5. The smallest absolute Gasteiger partial charge is 0.147 e. The molecule has 0 amide bonds. The van der Waals surface area contributed by atoms with Crippen LogP contribution < -0.4 is 5.32 Å². The Hall–Kier alpha value is -1.62. The second-order valence-corrected chi connectivity index (χ2v) is 5.54. The van der Waals surface area contributed by atoms with E-state index in [1.54, 1.807) is 0 Å². The average Bonchev–Trinajstić information content (AvgIpc) is 3.01. The predicted octanol–water partition coefficient (Wildman–Crippen LogP) is -1.15. The van der Waals surface area contributed by atoms with Crippen LogP contribution in [0.5, 0.6) is 0 Å². The van der Waals surface area contributed by atoms with Crippen LogP contribution in [0.2, 0.25) is 0 Å². The molecule has 2 aliphatic rings. The minimum absolute atomic E-state index is 0.453. The predicted molar refractivity (Wildman–Crippen MR) is 79.3 cm³/mol. The molecule has 1 aromatic carbocycles. The number of fused-ring (bicyclic) bond motifs is 1. The minimum Gasteiger partial charge on any atom is -0.394 e. The van der Waals surface area contributed by atoms with Gasteiger partial charge in [-0.2, -0.15) is 0 Å². The number of hydrogen-bond acceptors (Lipinski definition) is 6. The Balaban J connectivity index is 1.83. The van der Waals surface area contributed by atoms with E-state index in [0.29, 0.717) is 0 Å². The van der Waals surface area contributed by atoms with E-state index in [0.717, 1.165) is 24.2 Å². The van der Waals surface area contributed by atoms with Gasteiger partial charge in [0.25, 0.3) is 0 Å². The molecule has 5 atom stereocenters. The summed E-state index contributed by atoms with van der Waals surface area (Å²) < 4.78 is 5.37. The third kappa shape index (κ3) is 2.70. The summed E-state index contributed by atoms with van der Waals surface area (Å²) in [7, 11) is 0. The molecule has 3 rings (SSSR count). The van der Waals surface area contributed by atoms with Gasteiger partial charge in [-0.25, -0.2) is 0 Å². The molecule has 0 aromatic heterocycles. The highest BCUT2D eigenvalue weighted by Crippen LogP contribution is 2.26. The zero-order valence-corrected chi connectivity index (χ0v) is 11.9. The number of nitrogens with one attached hydrogen (secondary N) is 1. The highest BCUT2D eigenvalue weighted by Gasteiger charge is 2.42. The lowest BCUT2D eigenvalue weighted by Gasteiger charge is -2.37. The summed E-state index contributed by atoms with van der Waals surface area (Å²) in [5.74, 6) is 5.74. The van der Waals surface area contributed by atoms with Crippen molar-refractivity contribution >= 4 is 5.69 Å². The van der Waals surface area contributed by atoms with E-state index in [9.17, 15) is 15.3 Å². The van der Waals surface area contributed by atoms with E-state index in [4.69, 9.17) is 9.84 Å². The lowest BCUT2D eigenvalue weighted by Crippen LogP contribution is -2.58. The van der Waals surface area contributed by atoms with Crippen molar-refractivity contribution in [3.63, 3.8) is 0 Å². The highest BCUT2D eigenvalue weighted by atomic mass is 16.5. The van der Waals surface area contributed by atoms with Gasteiger partial charge in [0, 0.05) is 12.1 Å². The SMILES string of the molecule is OCC1OC(C#Cc2cccc3c2NCC3)C(O)C(O)[C@@H]1O. The molecule has 118 valence electrons. The van der Waals surface area contributed by atoms with Crippen molar-refractivity contribution in [1.82, 2.24) is 0 Å². The third-order valence-electron chi connectivity index (χ3n) is 4.09. The van der Waals surface area contributed by atoms with Gasteiger partial charge in [-0.1, -0.05) is 24.0 Å². The first-order chi connectivity index (χ1) is 10.6. The quantitative estimate of drug-likeness (QED) is 0.420. The fraction of sp³-hybridized carbons (Fsp3) is 0.500. The maximum absolute atomic E-state index is 9.96. The van der Waals surface area contributed by atoms with Crippen LogP contribution in [0.1, 0.15) is 11.1 Å². The molecule has 0 aliphatic carbocycles. The van der Waals surface area contributed by atoms with Gasteiger partial charge in [-0.3, -0.25) is 0 Å². The van der Waals surface area contributed by atoms with Crippen LogP contribution >= 0.6 is 0 Å². The molecule has 6 heteroatoms. The van der Waals surface area contributed by atoms with E-state index in [1.165, 1.54) is 5.56 Å². The number of aliphatic hydroxyl groups is 4. The summed E-state index contributed by atoms with van der Waals surface area (Å²) in [6, 6.07) is 5.83. The van der Waals surface area contributed by atoms with Crippen LogP contribution in [0, 0.1) is 11.8 Å². The molecular weight excluding hydrogens is 286 g/mol. The van der Waals surface area contributed by atoms with Crippen molar-refractivity contribution in [2.24, 2.45) is 0 Å². The summed E-state index contributed by atoms with van der Waals surface area (Å²) >= 11 is 0. The molecule has 1 aromatic rings. The molecule has 1 fully saturated rings. The van der Waals surface area contributed by atoms with Crippen molar-refractivity contribution in [1.29, 1.82) is 0 Å². The second kappa shape index (κ2) is 6.24. The molecule has 0 radical (unpaired) electrons.